The molecule has 3 atom stereocenters. The lowest BCUT2D eigenvalue weighted by molar-refractivity contribution is -0.131. The first kappa shape index (κ1) is 22.2. The average Bonchev–Trinajstić information content (AvgIpc) is 2.68. The van der Waals surface area contributed by atoms with Crippen LogP contribution in [-0.4, -0.2) is 29.4 Å². The van der Waals surface area contributed by atoms with E-state index in [4.69, 9.17) is 4.74 Å². The largest absolute Gasteiger partial charge is 0.497 e. The molecule has 1 aliphatic rings. The van der Waals surface area contributed by atoms with Crippen molar-refractivity contribution in [2.45, 2.75) is 38.7 Å². The minimum absolute atomic E-state index is 0.128. The molecule has 0 fully saturated rings. The predicted octanol–water partition coefficient (Wildman–Crippen LogP) is 4.86. The predicted molar refractivity (Wildman–Crippen MR) is 121 cm³/mol. The number of hydrogen-bond acceptors (Lipinski definition) is 5. The van der Waals surface area contributed by atoms with E-state index in [1.165, 1.54) is 13.8 Å². The van der Waals surface area contributed by atoms with E-state index in [1.54, 1.807) is 26.2 Å². The second kappa shape index (κ2) is 8.74. The Morgan fingerprint density at radius 1 is 1.10 bits per heavy atom. The molecule has 0 saturated heterocycles. The van der Waals surface area contributed by atoms with Crippen molar-refractivity contribution in [3.05, 3.63) is 69.8 Å². The Bertz CT molecular complexity index is 977. The summed E-state index contributed by atoms with van der Waals surface area (Å²) in [5, 5.41) is 14.6. The third-order valence-electron chi connectivity index (χ3n) is 5.61. The quantitative estimate of drug-likeness (QED) is 0.629. The lowest BCUT2D eigenvalue weighted by Crippen LogP contribution is -2.48. The number of ketones is 2. The van der Waals surface area contributed by atoms with Crippen molar-refractivity contribution in [1.82, 2.24) is 0 Å². The lowest BCUT2D eigenvalue weighted by atomic mass is 9.64. The molecule has 2 N–H and O–H groups in total. The van der Waals surface area contributed by atoms with Gasteiger partial charge in [0.15, 0.2) is 5.78 Å². The van der Waals surface area contributed by atoms with E-state index in [2.05, 4.69) is 21.2 Å². The number of halogens is 1. The van der Waals surface area contributed by atoms with Crippen molar-refractivity contribution < 1.29 is 19.4 Å². The van der Waals surface area contributed by atoms with E-state index >= 15 is 0 Å². The Hall–Kier alpha value is -2.44. The Morgan fingerprint density at radius 2 is 1.70 bits per heavy atom. The summed E-state index contributed by atoms with van der Waals surface area (Å²) in [6, 6.07) is 14.9. The van der Waals surface area contributed by atoms with Gasteiger partial charge in [-0.1, -0.05) is 28.1 Å². The maximum atomic E-state index is 12.8. The van der Waals surface area contributed by atoms with Crippen LogP contribution in [0.2, 0.25) is 0 Å². The number of nitrogens with one attached hydrogen (secondary N) is 1. The summed E-state index contributed by atoms with van der Waals surface area (Å²) in [4.78, 5) is 25.5. The number of benzene rings is 2. The third-order valence-corrected chi connectivity index (χ3v) is 6.13. The molecule has 0 spiro atoms. The summed E-state index contributed by atoms with van der Waals surface area (Å²) < 4.78 is 6.19. The number of rotatable bonds is 6. The van der Waals surface area contributed by atoms with E-state index < -0.39 is 17.4 Å². The molecule has 0 amide bonds. The number of methoxy groups -OCH3 is 1. The lowest BCUT2D eigenvalue weighted by Gasteiger charge is -2.43. The van der Waals surface area contributed by atoms with E-state index in [9.17, 15) is 14.7 Å². The molecule has 0 saturated carbocycles. The molecule has 6 heteroatoms. The monoisotopic (exact) mass is 471 g/mol. The van der Waals surface area contributed by atoms with Crippen LogP contribution < -0.4 is 10.1 Å². The minimum Gasteiger partial charge on any atom is -0.497 e. The molecule has 0 radical (unpaired) electrons. The van der Waals surface area contributed by atoms with E-state index in [0.29, 0.717) is 17.0 Å². The second-order valence-corrected chi connectivity index (χ2v) is 8.87. The number of anilines is 1. The number of carbonyl (C=O) groups excluding carboxylic acids is 2. The highest BCUT2D eigenvalue weighted by molar-refractivity contribution is 9.10. The summed E-state index contributed by atoms with van der Waals surface area (Å²) in [5.74, 6) is -0.894. The zero-order valence-corrected chi connectivity index (χ0v) is 19.1. The van der Waals surface area contributed by atoms with Crippen LogP contribution in [0.5, 0.6) is 5.75 Å². The van der Waals surface area contributed by atoms with Gasteiger partial charge in [-0.15, -0.1) is 0 Å². The molecule has 0 aliphatic heterocycles. The molecule has 2 aromatic carbocycles. The molecule has 30 heavy (non-hydrogen) atoms. The fourth-order valence-electron chi connectivity index (χ4n) is 4.37. The number of hydrogen-bond donors (Lipinski definition) is 2. The van der Waals surface area contributed by atoms with Crippen LogP contribution in [-0.2, 0) is 9.59 Å². The smallest absolute Gasteiger partial charge is 0.158 e. The Balaban J connectivity index is 2.18. The molecule has 0 bridgehead atoms. The van der Waals surface area contributed by atoms with Crippen LogP contribution in [0.3, 0.4) is 0 Å². The fraction of sp³-hybridized carbons (Fsp3) is 0.333. The van der Waals surface area contributed by atoms with E-state index in [0.717, 1.165) is 15.7 Å². The standard InChI is InChI=1S/C24H26BrNO4/c1-14(27)21-20(26-18-9-7-17(25)8-10-18)13-24(3,29)23(15(2)28)22(21)16-5-11-19(30-4)12-6-16/h5-12,22-23,26,29H,13H2,1-4H3/t22-,23+,24-/m0/s1. The van der Waals surface area contributed by atoms with Crippen molar-refractivity contribution in [2.24, 2.45) is 5.92 Å². The molecule has 5 nitrogen and oxygen atoms in total. The molecule has 158 valence electrons. The summed E-state index contributed by atoms with van der Waals surface area (Å²) >= 11 is 3.42. The van der Waals surface area contributed by atoms with Crippen LogP contribution in [0.15, 0.2) is 64.3 Å². The van der Waals surface area contributed by atoms with Crippen molar-refractivity contribution in [3.63, 3.8) is 0 Å². The van der Waals surface area contributed by atoms with Crippen LogP contribution in [0, 0.1) is 5.92 Å². The zero-order chi connectivity index (χ0) is 22.1. The average molecular weight is 472 g/mol. The number of Topliss-reactive ketones (excluding diaryl/α,β-unsaturated/α-hetero) is 2. The van der Waals surface area contributed by atoms with Gasteiger partial charge in [0.2, 0.25) is 0 Å². The molecule has 2 aromatic rings. The van der Waals surface area contributed by atoms with Gasteiger partial charge in [-0.05, 0) is 62.7 Å². The van der Waals surface area contributed by atoms with Gasteiger partial charge in [-0.3, -0.25) is 9.59 Å². The van der Waals surface area contributed by atoms with Gasteiger partial charge in [-0.25, -0.2) is 0 Å². The summed E-state index contributed by atoms with van der Waals surface area (Å²) in [6.07, 6.45) is 0.175. The van der Waals surface area contributed by atoms with E-state index in [-0.39, 0.29) is 18.0 Å². The molecule has 0 aromatic heterocycles. The number of carbonyl (C=O) groups is 2. The molecule has 3 rings (SSSR count). The number of allylic oxidation sites excluding steroid dienone is 1. The topological polar surface area (TPSA) is 75.6 Å². The highest BCUT2D eigenvalue weighted by atomic mass is 79.9. The van der Waals surface area contributed by atoms with Crippen molar-refractivity contribution >= 4 is 33.2 Å². The van der Waals surface area contributed by atoms with Crippen molar-refractivity contribution in [3.8, 4) is 5.75 Å². The zero-order valence-electron chi connectivity index (χ0n) is 17.5. The normalized spacial score (nSPS) is 23.8. The van der Waals surface area contributed by atoms with Gasteiger partial charge in [-0.2, -0.15) is 0 Å². The Morgan fingerprint density at radius 3 is 2.20 bits per heavy atom. The minimum atomic E-state index is -1.31. The summed E-state index contributed by atoms with van der Waals surface area (Å²) in [7, 11) is 1.58. The van der Waals surface area contributed by atoms with Gasteiger partial charge in [0.25, 0.3) is 0 Å². The fourth-order valence-corrected chi connectivity index (χ4v) is 4.63. The maximum Gasteiger partial charge on any atom is 0.158 e. The molecular weight excluding hydrogens is 446 g/mol. The van der Waals surface area contributed by atoms with Crippen molar-refractivity contribution in [1.29, 1.82) is 0 Å². The van der Waals surface area contributed by atoms with Gasteiger partial charge in [0, 0.05) is 33.8 Å². The first-order valence-electron chi connectivity index (χ1n) is 9.77. The summed E-state index contributed by atoms with van der Waals surface area (Å²) in [5.41, 5.74) is 1.43. The first-order valence-corrected chi connectivity index (χ1v) is 10.6. The van der Waals surface area contributed by atoms with Gasteiger partial charge in [0.1, 0.15) is 11.5 Å². The Labute approximate surface area is 185 Å². The first-order chi connectivity index (χ1) is 14.1. The SMILES string of the molecule is COc1ccc([C@H]2C(C(C)=O)=C(Nc3ccc(Br)cc3)C[C@](C)(O)[C@@H]2C(C)=O)cc1. The third kappa shape index (κ3) is 4.50. The van der Waals surface area contributed by atoms with Crippen LogP contribution in [0.4, 0.5) is 5.69 Å². The van der Waals surface area contributed by atoms with Gasteiger partial charge >= 0.3 is 0 Å². The molecular formula is C24H26BrNO4. The Kier molecular flexibility index (Phi) is 6.48. The van der Waals surface area contributed by atoms with Gasteiger partial charge < -0.3 is 15.2 Å². The number of ether oxygens (including phenoxy) is 1. The van der Waals surface area contributed by atoms with Crippen LogP contribution >= 0.6 is 15.9 Å². The van der Waals surface area contributed by atoms with Crippen molar-refractivity contribution in [2.75, 3.05) is 12.4 Å². The maximum absolute atomic E-state index is 12.8. The molecule has 0 heterocycles. The van der Waals surface area contributed by atoms with Crippen LogP contribution in [0.25, 0.3) is 0 Å². The van der Waals surface area contributed by atoms with Crippen LogP contribution in [0.1, 0.15) is 38.7 Å². The highest BCUT2D eigenvalue weighted by Crippen LogP contribution is 2.48. The second-order valence-electron chi connectivity index (χ2n) is 7.95. The highest BCUT2D eigenvalue weighted by Gasteiger charge is 2.49. The molecule has 1 aliphatic carbocycles. The van der Waals surface area contributed by atoms with E-state index in [1.807, 2.05) is 36.4 Å². The number of aliphatic hydroxyl groups is 1. The molecule has 0 unspecified atom stereocenters. The summed E-state index contributed by atoms with van der Waals surface area (Å²) in [6.45, 7) is 4.64. The van der Waals surface area contributed by atoms with Gasteiger partial charge in [0.05, 0.1) is 18.6 Å².